The van der Waals surface area contributed by atoms with Crippen molar-refractivity contribution < 1.29 is 32.3 Å². The summed E-state index contributed by atoms with van der Waals surface area (Å²) in [5.74, 6) is -2.43. The predicted octanol–water partition coefficient (Wildman–Crippen LogP) is 3.55. The molecule has 0 bridgehead atoms. The average Bonchev–Trinajstić information content (AvgIpc) is 3.07. The van der Waals surface area contributed by atoms with Crippen molar-refractivity contribution in [1.82, 2.24) is 0 Å². The number of anilines is 2. The highest BCUT2D eigenvalue weighted by Crippen LogP contribution is 2.31. The van der Waals surface area contributed by atoms with E-state index in [1.807, 2.05) is 19.1 Å². The third-order valence-corrected chi connectivity index (χ3v) is 4.68. The van der Waals surface area contributed by atoms with Crippen molar-refractivity contribution in [3.63, 3.8) is 0 Å². The molecule has 0 spiro atoms. The van der Waals surface area contributed by atoms with Gasteiger partial charge in [0.2, 0.25) is 5.91 Å². The molecule has 1 aliphatic heterocycles. The molecule has 1 heterocycles. The first kappa shape index (κ1) is 21.4. The molecule has 1 saturated heterocycles. The number of carbonyl (C=O) groups excluding carboxylic acids is 3. The smallest absolute Gasteiger partial charge is 0.416 e. The van der Waals surface area contributed by atoms with Crippen LogP contribution in [0.15, 0.2) is 48.5 Å². The van der Waals surface area contributed by atoms with E-state index >= 15 is 0 Å². The number of benzene rings is 2. The fraction of sp³-hybridized carbons (Fsp3) is 0.286. The number of hydrogen-bond donors (Lipinski definition) is 1. The highest BCUT2D eigenvalue weighted by molar-refractivity contribution is 6.00. The summed E-state index contributed by atoms with van der Waals surface area (Å²) in [6.45, 7) is 1.33. The van der Waals surface area contributed by atoms with Crippen molar-refractivity contribution >= 4 is 29.2 Å². The highest BCUT2D eigenvalue weighted by atomic mass is 19.4. The van der Waals surface area contributed by atoms with Gasteiger partial charge in [-0.2, -0.15) is 13.2 Å². The number of nitrogens with one attached hydrogen (secondary N) is 1. The van der Waals surface area contributed by atoms with E-state index in [9.17, 15) is 27.6 Å². The van der Waals surface area contributed by atoms with Crippen molar-refractivity contribution in [2.24, 2.45) is 5.92 Å². The molecule has 158 valence electrons. The average molecular weight is 420 g/mol. The van der Waals surface area contributed by atoms with Crippen LogP contribution in [-0.4, -0.2) is 30.9 Å². The molecule has 1 N–H and O–H groups in total. The van der Waals surface area contributed by atoms with Crippen LogP contribution in [0.5, 0.6) is 0 Å². The van der Waals surface area contributed by atoms with Crippen LogP contribution in [0, 0.1) is 12.8 Å². The maximum Gasteiger partial charge on any atom is 0.416 e. The zero-order valence-electron chi connectivity index (χ0n) is 16.0. The fourth-order valence-electron chi connectivity index (χ4n) is 3.19. The Labute approximate surface area is 170 Å². The quantitative estimate of drug-likeness (QED) is 0.751. The maximum absolute atomic E-state index is 12.7. The first-order valence-corrected chi connectivity index (χ1v) is 9.15. The molecule has 1 aliphatic rings. The van der Waals surface area contributed by atoms with Gasteiger partial charge in [-0.1, -0.05) is 24.3 Å². The summed E-state index contributed by atoms with van der Waals surface area (Å²) in [4.78, 5) is 38.0. The number of nitrogens with zero attached hydrogens (tertiary/aromatic N) is 1. The van der Waals surface area contributed by atoms with Crippen molar-refractivity contribution in [3.8, 4) is 0 Å². The first-order chi connectivity index (χ1) is 14.1. The molecule has 2 aromatic carbocycles. The van der Waals surface area contributed by atoms with Crippen molar-refractivity contribution in [3.05, 3.63) is 59.7 Å². The van der Waals surface area contributed by atoms with E-state index in [2.05, 4.69) is 5.32 Å². The Balaban J connectivity index is 1.54. The number of alkyl halides is 3. The molecule has 6 nitrogen and oxygen atoms in total. The van der Waals surface area contributed by atoms with E-state index in [-0.39, 0.29) is 24.6 Å². The van der Waals surface area contributed by atoms with Crippen LogP contribution >= 0.6 is 0 Å². The largest absolute Gasteiger partial charge is 0.455 e. The second-order valence-corrected chi connectivity index (χ2v) is 6.93. The molecule has 9 heteroatoms. The minimum atomic E-state index is -4.54. The number of esters is 1. The number of para-hydroxylation sites is 1. The molecule has 2 aromatic rings. The lowest BCUT2D eigenvalue weighted by Crippen LogP contribution is -2.28. The summed E-state index contributed by atoms with van der Waals surface area (Å²) in [6, 6.07) is 11.4. The number of carbonyl (C=O) groups is 3. The molecule has 30 heavy (non-hydrogen) atoms. The lowest BCUT2D eigenvalue weighted by atomic mass is 10.1. The number of halogens is 3. The molecular formula is C21H19F3N2O4. The zero-order chi connectivity index (χ0) is 21.9. The van der Waals surface area contributed by atoms with E-state index in [0.29, 0.717) is 5.69 Å². The molecule has 1 atom stereocenters. The topological polar surface area (TPSA) is 75.7 Å². The van der Waals surface area contributed by atoms with Gasteiger partial charge in [0.1, 0.15) is 0 Å². The van der Waals surface area contributed by atoms with E-state index in [1.54, 1.807) is 12.1 Å². The van der Waals surface area contributed by atoms with Crippen LogP contribution in [0.1, 0.15) is 17.5 Å². The van der Waals surface area contributed by atoms with E-state index in [0.717, 1.165) is 23.8 Å². The molecule has 3 rings (SSSR count). The second-order valence-electron chi connectivity index (χ2n) is 6.93. The highest BCUT2D eigenvalue weighted by Gasteiger charge is 2.37. The third-order valence-electron chi connectivity index (χ3n) is 4.68. The number of hydrogen-bond acceptors (Lipinski definition) is 4. The van der Waals surface area contributed by atoms with Gasteiger partial charge in [0.05, 0.1) is 11.5 Å². The zero-order valence-corrected chi connectivity index (χ0v) is 16.0. The minimum Gasteiger partial charge on any atom is -0.455 e. The molecule has 1 fully saturated rings. The van der Waals surface area contributed by atoms with Gasteiger partial charge in [0.25, 0.3) is 5.91 Å². The lowest BCUT2D eigenvalue weighted by Gasteiger charge is -2.18. The molecule has 0 radical (unpaired) electrons. The standard InChI is InChI=1S/C21H19F3N2O4/c1-13-5-2-3-8-17(13)26-11-14(9-19(26)28)20(29)30-12-18(27)25-16-7-4-6-15(10-16)21(22,23)24/h2-8,10,14H,9,11-12H2,1H3,(H,25,27)/t14-/m0/s1. The maximum atomic E-state index is 12.7. The Morgan fingerprint density at radius 1 is 1.17 bits per heavy atom. The Bertz CT molecular complexity index is 975. The Morgan fingerprint density at radius 2 is 1.90 bits per heavy atom. The monoisotopic (exact) mass is 420 g/mol. The summed E-state index contributed by atoms with van der Waals surface area (Å²) in [5, 5.41) is 2.26. The molecule has 2 amide bonds. The van der Waals surface area contributed by atoms with Gasteiger partial charge in [-0.15, -0.1) is 0 Å². The van der Waals surface area contributed by atoms with Gasteiger partial charge < -0.3 is 15.0 Å². The Hall–Kier alpha value is -3.36. The van der Waals surface area contributed by atoms with E-state index < -0.39 is 36.1 Å². The van der Waals surface area contributed by atoms with Crippen LogP contribution < -0.4 is 10.2 Å². The fourth-order valence-corrected chi connectivity index (χ4v) is 3.19. The lowest BCUT2D eigenvalue weighted by molar-refractivity contribution is -0.151. The van der Waals surface area contributed by atoms with Crippen LogP contribution in [-0.2, 0) is 25.3 Å². The second kappa shape index (κ2) is 8.56. The van der Waals surface area contributed by atoms with Crippen molar-refractivity contribution in [2.75, 3.05) is 23.4 Å². The van der Waals surface area contributed by atoms with Crippen LogP contribution in [0.3, 0.4) is 0 Å². The summed E-state index contributed by atoms with van der Waals surface area (Å²) < 4.78 is 43.2. The van der Waals surface area contributed by atoms with Gasteiger partial charge in [-0.25, -0.2) is 0 Å². The first-order valence-electron chi connectivity index (χ1n) is 9.15. The van der Waals surface area contributed by atoms with Gasteiger partial charge >= 0.3 is 12.1 Å². The summed E-state index contributed by atoms with van der Waals surface area (Å²) in [6.07, 6.45) is -4.58. The van der Waals surface area contributed by atoms with Gasteiger partial charge in [-0.3, -0.25) is 14.4 Å². The molecule has 0 aromatic heterocycles. The van der Waals surface area contributed by atoms with Gasteiger partial charge in [-0.05, 0) is 36.8 Å². The number of ether oxygens (including phenoxy) is 1. The third kappa shape index (κ3) is 4.97. The summed E-state index contributed by atoms with van der Waals surface area (Å²) >= 11 is 0. The minimum absolute atomic E-state index is 0.0393. The Kier molecular flexibility index (Phi) is 6.09. The molecule has 0 unspecified atom stereocenters. The predicted molar refractivity (Wildman–Crippen MR) is 103 cm³/mol. The number of aryl methyl sites for hydroxylation is 1. The van der Waals surface area contributed by atoms with E-state index in [1.165, 1.54) is 11.0 Å². The molecule has 0 aliphatic carbocycles. The summed E-state index contributed by atoms with van der Waals surface area (Å²) in [7, 11) is 0. The van der Waals surface area contributed by atoms with Gasteiger partial charge in [0, 0.05) is 24.3 Å². The molecular weight excluding hydrogens is 401 g/mol. The molecule has 0 saturated carbocycles. The number of rotatable bonds is 5. The van der Waals surface area contributed by atoms with Crippen LogP contribution in [0.25, 0.3) is 0 Å². The number of amides is 2. The SMILES string of the molecule is Cc1ccccc1N1C[C@@H](C(=O)OCC(=O)Nc2cccc(C(F)(F)F)c2)CC1=O. The Morgan fingerprint density at radius 3 is 2.60 bits per heavy atom. The van der Waals surface area contributed by atoms with E-state index in [4.69, 9.17) is 4.74 Å². The summed E-state index contributed by atoms with van der Waals surface area (Å²) in [5.41, 5.74) is 0.631. The van der Waals surface area contributed by atoms with Crippen molar-refractivity contribution in [2.45, 2.75) is 19.5 Å². The van der Waals surface area contributed by atoms with Crippen molar-refractivity contribution in [1.29, 1.82) is 0 Å². The van der Waals surface area contributed by atoms with Crippen LogP contribution in [0.2, 0.25) is 0 Å². The van der Waals surface area contributed by atoms with Gasteiger partial charge in [0.15, 0.2) is 6.61 Å². The van der Waals surface area contributed by atoms with Crippen LogP contribution in [0.4, 0.5) is 24.5 Å². The normalized spacial score (nSPS) is 16.5.